The SMILES string of the molecule is CN1CCN(CCNC(=O)c2cc(-c3cccc(F)c3)[nH]c2-c2ccccc2[N+](=O)[O-])CC1. The van der Waals surface area contributed by atoms with Gasteiger partial charge in [0.2, 0.25) is 0 Å². The first kappa shape index (κ1) is 22.6. The smallest absolute Gasteiger partial charge is 0.278 e. The standard InChI is InChI=1S/C24H26FN5O3/c1-28-11-13-29(14-12-28)10-9-26-24(31)20-16-21(17-5-4-6-18(25)15-17)27-23(20)19-7-2-3-8-22(19)30(32)33/h2-8,15-16,27H,9-14H2,1H3,(H,26,31). The highest BCUT2D eigenvalue weighted by Gasteiger charge is 2.24. The van der Waals surface area contributed by atoms with Gasteiger partial charge in [0.15, 0.2) is 0 Å². The number of piperazine rings is 1. The van der Waals surface area contributed by atoms with Crippen LogP contribution >= 0.6 is 0 Å². The van der Waals surface area contributed by atoms with Crippen LogP contribution in [0.25, 0.3) is 22.5 Å². The Bertz CT molecular complexity index is 1150. The van der Waals surface area contributed by atoms with Crippen molar-refractivity contribution in [1.29, 1.82) is 0 Å². The minimum Gasteiger partial charge on any atom is -0.354 e. The lowest BCUT2D eigenvalue weighted by atomic mass is 10.1. The largest absolute Gasteiger partial charge is 0.354 e. The molecule has 1 fully saturated rings. The van der Waals surface area contributed by atoms with Crippen molar-refractivity contribution >= 4 is 11.6 Å². The molecule has 2 aromatic carbocycles. The summed E-state index contributed by atoms with van der Waals surface area (Å²) < 4.78 is 13.8. The molecule has 0 bridgehead atoms. The lowest BCUT2D eigenvalue weighted by Gasteiger charge is -2.32. The number of nitrogens with zero attached hydrogens (tertiary/aromatic N) is 3. The number of hydrogen-bond donors (Lipinski definition) is 2. The fourth-order valence-corrected chi connectivity index (χ4v) is 4.00. The Morgan fingerprint density at radius 3 is 2.61 bits per heavy atom. The van der Waals surface area contributed by atoms with E-state index in [9.17, 15) is 19.3 Å². The van der Waals surface area contributed by atoms with Crippen LogP contribution in [0.5, 0.6) is 0 Å². The second-order valence-corrected chi connectivity index (χ2v) is 8.16. The monoisotopic (exact) mass is 451 g/mol. The van der Waals surface area contributed by atoms with Gasteiger partial charge in [-0.3, -0.25) is 19.8 Å². The molecule has 0 spiro atoms. The number of nitro benzene ring substituents is 1. The van der Waals surface area contributed by atoms with Crippen LogP contribution in [0.3, 0.4) is 0 Å². The molecule has 172 valence electrons. The third kappa shape index (κ3) is 5.27. The number of para-hydroxylation sites is 1. The van der Waals surface area contributed by atoms with Crippen molar-refractivity contribution in [2.75, 3.05) is 46.3 Å². The van der Waals surface area contributed by atoms with E-state index in [-0.39, 0.29) is 17.2 Å². The molecule has 1 aliphatic rings. The highest BCUT2D eigenvalue weighted by molar-refractivity contribution is 6.02. The quantitative estimate of drug-likeness (QED) is 0.424. The van der Waals surface area contributed by atoms with Gasteiger partial charge in [0.1, 0.15) is 5.82 Å². The third-order valence-corrected chi connectivity index (χ3v) is 5.88. The van der Waals surface area contributed by atoms with Gasteiger partial charge in [0.05, 0.1) is 21.7 Å². The molecule has 1 amide bonds. The number of rotatable bonds is 7. The van der Waals surface area contributed by atoms with Gasteiger partial charge in [-0.15, -0.1) is 0 Å². The summed E-state index contributed by atoms with van der Waals surface area (Å²) in [6.45, 7) is 5.06. The van der Waals surface area contributed by atoms with Gasteiger partial charge in [0.25, 0.3) is 11.6 Å². The summed E-state index contributed by atoms with van der Waals surface area (Å²) in [7, 11) is 2.09. The molecule has 1 aliphatic heterocycles. The number of carbonyl (C=O) groups excluding carboxylic acids is 1. The van der Waals surface area contributed by atoms with Crippen molar-refractivity contribution in [3.8, 4) is 22.5 Å². The predicted molar refractivity (Wildman–Crippen MR) is 125 cm³/mol. The molecule has 1 aromatic heterocycles. The van der Waals surface area contributed by atoms with E-state index in [2.05, 4.69) is 27.1 Å². The lowest BCUT2D eigenvalue weighted by molar-refractivity contribution is -0.384. The molecule has 2 N–H and O–H groups in total. The van der Waals surface area contributed by atoms with E-state index >= 15 is 0 Å². The molecule has 0 aliphatic carbocycles. The van der Waals surface area contributed by atoms with Crippen LogP contribution in [0.2, 0.25) is 0 Å². The van der Waals surface area contributed by atoms with Gasteiger partial charge in [-0.2, -0.15) is 0 Å². The van der Waals surface area contributed by atoms with E-state index in [1.54, 1.807) is 36.4 Å². The average molecular weight is 452 g/mol. The summed E-state index contributed by atoms with van der Waals surface area (Å²) in [4.78, 5) is 31.9. The van der Waals surface area contributed by atoms with Crippen LogP contribution in [0.4, 0.5) is 10.1 Å². The van der Waals surface area contributed by atoms with Crippen LogP contribution in [-0.2, 0) is 0 Å². The van der Waals surface area contributed by atoms with Crippen molar-refractivity contribution in [2.45, 2.75) is 0 Å². The van der Waals surface area contributed by atoms with Gasteiger partial charge in [-0.25, -0.2) is 4.39 Å². The predicted octanol–water partition coefficient (Wildman–Crippen LogP) is 3.37. The summed E-state index contributed by atoms with van der Waals surface area (Å²) in [5, 5.41) is 14.5. The second-order valence-electron chi connectivity index (χ2n) is 8.16. The fraction of sp³-hybridized carbons (Fsp3) is 0.292. The molecule has 2 heterocycles. The number of nitrogens with one attached hydrogen (secondary N) is 2. The van der Waals surface area contributed by atoms with Crippen molar-refractivity contribution in [3.63, 3.8) is 0 Å². The van der Waals surface area contributed by atoms with Crippen LogP contribution in [0.1, 0.15) is 10.4 Å². The summed E-state index contributed by atoms with van der Waals surface area (Å²) in [5.41, 5.74) is 1.85. The van der Waals surface area contributed by atoms with E-state index in [0.29, 0.717) is 29.1 Å². The lowest BCUT2D eigenvalue weighted by Crippen LogP contribution is -2.46. The first-order chi connectivity index (χ1) is 15.9. The Morgan fingerprint density at radius 1 is 1.12 bits per heavy atom. The topological polar surface area (TPSA) is 94.5 Å². The second kappa shape index (κ2) is 9.93. The molecule has 3 aromatic rings. The zero-order valence-electron chi connectivity index (χ0n) is 18.4. The maximum Gasteiger partial charge on any atom is 0.278 e. The number of likely N-dealkylation sites (N-methyl/N-ethyl adjacent to an activating group) is 1. The molecular formula is C24H26FN5O3. The first-order valence-corrected chi connectivity index (χ1v) is 10.8. The van der Waals surface area contributed by atoms with E-state index in [1.165, 1.54) is 18.2 Å². The molecule has 0 saturated carbocycles. The third-order valence-electron chi connectivity index (χ3n) is 5.88. The highest BCUT2D eigenvalue weighted by Crippen LogP contribution is 2.34. The zero-order valence-corrected chi connectivity index (χ0v) is 18.4. The normalized spacial score (nSPS) is 14.8. The Balaban J connectivity index is 1.61. The number of carbonyl (C=O) groups is 1. The summed E-state index contributed by atoms with van der Waals surface area (Å²) in [5.74, 6) is -0.747. The van der Waals surface area contributed by atoms with E-state index in [0.717, 1.165) is 32.7 Å². The van der Waals surface area contributed by atoms with Crippen LogP contribution in [-0.4, -0.2) is 71.9 Å². The van der Waals surface area contributed by atoms with Gasteiger partial charge in [-0.1, -0.05) is 24.3 Å². The molecule has 4 rings (SSSR count). The van der Waals surface area contributed by atoms with Crippen molar-refractivity contribution in [2.24, 2.45) is 0 Å². The van der Waals surface area contributed by atoms with Crippen LogP contribution < -0.4 is 5.32 Å². The Morgan fingerprint density at radius 2 is 1.88 bits per heavy atom. The van der Waals surface area contributed by atoms with E-state index < -0.39 is 10.7 Å². The molecular weight excluding hydrogens is 425 g/mol. The Labute approximate surface area is 191 Å². The number of halogens is 1. The molecule has 0 atom stereocenters. The van der Waals surface area contributed by atoms with Gasteiger partial charge in [0, 0.05) is 56.6 Å². The molecule has 0 radical (unpaired) electrons. The van der Waals surface area contributed by atoms with Crippen molar-refractivity contribution in [1.82, 2.24) is 20.1 Å². The Kier molecular flexibility index (Phi) is 6.81. The van der Waals surface area contributed by atoms with Gasteiger partial charge < -0.3 is 15.2 Å². The van der Waals surface area contributed by atoms with Crippen molar-refractivity contribution in [3.05, 3.63) is 76.1 Å². The number of benzene rings is 2. The van der Waals surface area contributed by atoms with Gasteiger partial charge >= 0.3 is 0 Å². The number of amides is 1. The van der Waals surface area contributed by atoms with Crippen LogP contribution in [0.15, 0.2) is 54.6 Å². The first-order valence-electron chi connectivity index (χ1n) is 10.8. The number of aromatic nitrogens is 1. The maximum absolute atomic E-state index is 13.8. The van der Waals surface area contributed by atoms with Gasteiger partial charge in [-0.05, 0) is 31.3 Å². The summed E-state index contributed by atoms with van der Waals surface area (Å²) in [6, 6.07) is 13.8. The zero-order chi connectivity index (χ0) is 23.4. The van der Waals surface area contributed by atoms with Crippen molar-refractivity contribution < 1.29 is 14.1 Å². The highest BCUT2D eigenvalue weighted by atomic mass is 19.1. The minimum atomic E-state index is -0.479. The molecule has 8 nitrogen and oxygen atoms in total. The molecule has 1 saturated heterocycles. The molecule has 9 heteroatoms. The summed E-state index contributed by atoms with van der Waals surface area (Å²) >= 11 is 0. The van der Waals surface area contributed by atoms with Crippen LogP contribution in [0, 0.1) is 15.9 Å². The number of nitro groups is 1. The van der Waals surface area contributed by atoms with E-state index in [1.807, 2.05) is 0 Å². The molecule has 33 heavy (non-hydrogen) atoms. The maximum atomic E-state index is 13.8. The average Bonchev–Trinajstić information content (AvgIpc) is 3.26. The van der Waals surface area contributed by atoms with E-state index in [4.69, 9.17) is 0 Å². The number of hydrogen-bond acceptors (Lipinski definition) is 5. The Hall–Kier alpha value is -3.56. The minimum absolute atomic E-state index is 0.114. The molecule has 0 unspecified atom stereocenters. The number of aromatic amines is 1. The fourth-order valence-electron chi connectivity index (χ4n) is 4.00. The number of H-pyrrole nitrogens is 1. The summed E-state index contributed by atoms with van der Waals surface area (Å²) in [6.07, 6.45) is 0.